The van der Waals surface area contributed by atoms with E-state index in [9.17, 15) is 9.59 Å². The number of benzene rings is 3. The van der Waals surface area contributed by atoms with Gasteiger partial charge in [-0.1, -0.05) is 59.7 Å². The number of hydrazone groups is 2. The summed E-state index contributed by atoms with van der Waals surface area (Å²) in [5.74, 6) is -0.529. The Hall–Kier alpha value is -4.06. The molecule has 0 bridgehead atoms. The maximum Gasteiger partial charge on any atom is 0.271 e. The highest BCUT2D eigenvalue weighted by atomic mass is 16.2. The van der Waals surface area contributed by atoms with Crippen LogP contribution in [0.5, 0.6) is 0 Å². The predicted molar refractivity (Wildman–Crippen MR) is 119 cm³/mol. The lowest BCUT2D eigenvalue weighted by Crippen LogP contribution is -2.17. The molecule has 0 aliphatic carbocycles. The SMILES string of the molecule is Cc1ccc(C(=O)N/N=C/c2ccc(/C=N/NC(=O)c3ccc(C)cc3)cc2)cc1. The standard InChI is InChI=1S/C24H22N4O2/c1-17-3-11-21(12-4-17)23(29)27-25-15-19-7-9-20(10-8-19)16-26-28-24(30)22-13-5-18(2)6-14-22/h3-16H,1-2H3,(H,27,29)(H,28,30)/b25-15+,26-16+. The van der Waals surface area contributed by atoms with Gasteiger partial charge in [0.05, 0.1) is 12.4 Å². The predicted octanol–water partition coefficient (Wildman–Crippen LogP) is 3.83. The highest BCUT2D eigenvalue weighted by molar-refractivity contribution is 5.95. The number of aryl methyl sites for hydroxylation is 2. The highest BCUT2D eigenvalue weighted by Crippen LogP contribution is 2.04. The monoisotopic (exact) mass is 398 g/mol. The van der Waals surface area contributed by atoms with Gasteiger partial charge in [0.1, 0.15) is 0 Å². The lowest BCUT2D eigenvalue weighted by Gasteiger charge is -2.01. The van der Waals surface area contributed by atoms with Crippen LogP contribution in [0.4, 0.5) is 0 Å². The molecular formula is C24H22N4O2. The van der Waals surface area contributed by atoms with Crippen molar-refractivity contribution in [2.75, 3.05) is 0 Å². The molecule has 0 heterocycles. The quantitative estimate of drug-likeness (QED) is 0.489. The lowest BCUT2D eigenvalue weighted by atomic mass is 10.1. The molecule has 0 atom stereocenters. The van der Waals surface area contributed by atoms with Crippen molar-refractivity contribution in [1.29, 1.82) is 0 Å². The second-order valence-corrected chi connectivity index (χ2v) is 6.80. The number of carbonyl (C=O) groups is 2. The summed E-state index contributed by atoms with van der Waals surface area (Å²) in [7, 11) is 0. The molecule has 0 aliphatic heterocycles. The molecule has 150 valence electrons. The smallest absolute Gasteiger partial charge is 0.267 e. The Morgan fingerprint density at radius 1 is 0.600 bits per heavy atom. The first-order valence-electron chi connectivity index (χ1n) is 9.41. The van der Waals surface area contributed by atoms with E-state index in [0.29, 0.717) is 11.1 Å². The molecule has 2 N–H and O–H groups in total. The minimum Gasteiger partial charge on any atom is -0.267 e. The molecule has 0 unspecified atom stereocenters. The van der Waals surface area contributed by atoms with E-state index in [1.165, 1.54) is 0 Å². The van der Waals surface area contributed by atoms with E-state index in [0.717, 1.165) is 22.3 Å². The van der Waals surface area contributed by atoms with Crippen LogP contribution in [0.3, 0.4) is 0 Å². The fourth-order valence-electron chi connectivity index (χ4n) is 2.54. The van der Waals surface area contributed by atoms with Gasteiger partial charge in [0.25, 0.3) is 11.8 Å². The van der Waals surface area contributed by atoms with Gasteiger partial charge >= 0.3 is 0 Å². The lowest BCUT2D eigenvalue weighted by molar-refractivity contribution is 0.0947. The topological polar surface area (TPSA) is 82.9 Å². The molecule has 0 spiro atoms. The van der Waals surface area contributed by atoms with Crippen LogP contribution < -0.4 is 10.9 Å². The molecule has 2 amide bonds. The van der Waals surface area contributed by atoms with Crippen LogP contribution in [0.1, 0.15) is 43.0 Å². The Morgan fingerprint density at radius 3 is 1.27 bits per heavy atom. The van der Waals surface area contributed by atoms with E-state index in [4.69, 9.17) is 0 Å². The fraction of sp³-hybridized carbons (Fsp3) is 0.0833. The Balaban J connectivity index is 1.50. The van der Waals surface area contributed by atoms with E-state index in [-0.39, 0.29) is 11.8 Å². The number of rotatable bonds is 6. The van der Waals surface area contributed by atoms with Crippen molar-refractivity contribution in [2.24, 2.45) is 10.2 Å². The van der Waals surface area contributed by atoms with Crippen LogP contribution in [0, 0.1) is 13.8 Å². The van der Waals surface area contributed by atoms with Crippen molar-refractivity contribution in [1.82, 2.24) is 10.9 Å². The van der Waals surface area contributed by atoms with Crippen LogP contribution in [0.2, 0.25) is 0 Å². The molecule has 0 radical (unpaired) electrons. The molecule has 0 saturated carbocycles. The van der Waals surface area contributed by atoms with Crippen LogP contribution >= 0.6 is 0 Å². The van der Waals surface area contributed by atoms with Crippen LogP contribution in [0.15, 0.2) is 83.0 Å². The Bertz CT molecular complexity index is 979. The average Bonchev–Trinajstić information content (AvgIpc) is 2.75. The number of nitrogens with one attached hydrogen (secondary N) is 2. The molecule has 6 nitrogen and oxygen atoms in total. The first-order valence-corrected chi connectivity index (χ1v) is 9.41. The molecule has 0 aromatic heterocycles. The third-order valence-corrected chi connectivity index (χ3v) is 4.32. The molecule has 0 saturated heterocycles. The van der Waals surface area contributed by atoms with Crippen LogP contribution in [0.25, 0.3) is 0 Å². The number of carbonyl (C=O) groups excluding carboxylic acids is 2. The highest BCUT2D eigenvalue weighted by Gasteiger charge is 2.03. The van der Waals surface area contributed by atoms with E-state index < -0.39 is 0 Å². The molecule has 3 aromatic rings. The summed E-state index contributed by atoms with van der Waals surface area (Å²) in [5.41, 5.74) is 9.93. The first-order chi connectivity index (χ1) is 14.5. The summed E-state index contributed by atoms with van der Waals surface area (Å²) in [5, 5.41) is 7.96. The van der Waals surface area contributed by atoms with E-state index in [2.05, 4.69) is 21.1 Å². The third-order valence-electron chi connectivity index (χ3n) is 4.32. The Morgan fingerprint density at radius 2 is 0.933 bits per heavy atom. The molecule has 3 rings (SSSR count). The summed E-state index contributed by atoms with van der Waals surface area (Å²) in [6.07, 6.45) is 3.12. The molecule has 30 heavy (non-hydrogen) atoms. The minimum atomic E-state index is -0.265. The molecule has 0 aliphatic rings. The maximum absolute atomic E-state index is 12.0. The van der Waals surface area contributed by atoms with Gasteiger partial charge in [-0.3, -0.25) is 9.59 Å². The van der Waals surface area contributed by atoms with Crippen LogP contribution in [-0.4, -0.2) is 24.2 Å². The summed E-state index contributed by atoms with van der Waals surface area (Å²) in [6.45, 7) is 3.93. The van der Waals surface area contributed by atoms with Crippen molar-refractivity contribution < 1.29 is 9.59 Å². The van der Waals surface area contributed by atoms with Gasteiger partial charge in [0, 0.05) is 11.1 Å². The fourth-order valence-corrected chi connectivity index (χ4v) is 2.54. The summed E-state index contributed by atoms with van der Waals surface area (Å²) < 4.78 is 0. The van der Waals surface area contributed by atoms with E-state index in [1.807, 2.05) is 62.4 Å². The summed E-state index contributed by atoms with van der Waals surface area (Å²) in [4.78, 5) is 24.0. The van der Waals surface area contributed by atoms with E-state index >= 15 is 0 Å². The van der Waals surface area contributed by atoms with Crippen molar-refractivity contribution in [2.45, 2.75) is 13.8 Å². The van der Waals surface area contributed by atoms with E-state index in [1.54, 1.807) is 36.7 Å². The first kappa shape index (κ1) is 20.7. The zero-order valence-corrected chi connectivity index (χ0v) is 16.8. The van der Waals surface area contributed by atoms with Gasteiger partial charge in [-0.25, -0.2) is 10.9 Å². The van der Waals surface area contributed by atoms with Crippen molar-refractivity contribution >= 4 is 24.2 Å². The largest absolute Gasteiger partial charge is 0.271 e. The van der Waals surface area contributed by atoms with Gasteiger partial charge < -0.3 is 0 Å². The van der Waals surface area contributed by atoms with Crippen molar-refractivity contribution in [3.63, 3.8) is 0 Å². The zero-order chi connectivity index (χ0) is 21.3. The number of hydrogen-bond acceptors (Lipinski definition) is 4. The van der Waals surface area contributed by atoms with Crippen molar-refractivity contribution in [3.05, 3.63) is 106 Å². The van der Waals surface area contributed by atoms with Gasteiger partial charge in [-0.05, 0) is 49.2 Å². The van der Waals surface area contributed by atoms with Crippen molar-refractivity contribution in [3.8, 4) is 0 Å². The Kier molecular flexibility index (Phi) is 6.84. The maximum atomic E-state index is 12.0. The zero-order valence-electron chi connectivity index (χ0n) is 16.8. The minimum absolute atomic E-state index is 0.265. The van der Waals surface area contributed by atoms with Gasteiger partial charge in [0.2, 0.25) is 0 Å². The van der Waals surface area contributed by atoms with Gasteiger partial charge in [-0.2, -0.15) is 10.2 Å². The normalized spacial score (nSPS) is 11.0. The second kappa shape index (κ2) is 9.93. The van der Waals surface area contributed by atoms with Crippen LogP contribution in [-0.2, 0) is 0 Å². The molecular weight excluding hydrogens is 376 g/mol. The van der Waals surface area contributed by atoms with Gasteiger partial charge in [0.15, 0.2) is 0 Å². The molecule has 3 aromatic carbocycles. The number of nitrogens with zero attached hydrogens (tertiary/aromatic N) is 2. The summed E-state index contributed by atoms with van der Waals surface area (Å²) >= 11 is 0. The molecule has 0 fully saturated rings. The third kappa shape index (κ3) is 5.97. The second-order valence-electron chi connectivity index (χ2n) is 6.80. The average molecular weight is 398 g/mol. The van der Waals surface area contributed by atoms with Gasteiger partial charge in [-0.15, -0.1) is 0 Å². The number of amides is 2. The number of hydrogen-bond donors (Lipinski definition) is 2. The molecule has 6 heteroatoms. The summed E-state index contributed by atoms with van der Waals surface area (Å²) in [6, 6.07) is 21.9. The Labute approximate surface area is 175 Å².